The predicted molar refractivity (Wildman–Crippen MR) is 74.2 cm³/mol. The minimum absolute atomic E-state index is 0.110. The van der Waals surface area contributed by atoms with Gasteiger partial charge in [-0.2, -0.15) is 0 Å². The topological polar surface area (TPSA) is 66.0 Å². The van der Waals surface area contributed by atoms with Crippen LogP contribution in [0.5, 0.6) is 0 Å². The lowest BCUT2D eigenvalue weighted by molar-refractivity contribution is -0.136. The van der Waals surface area contributed by atoms with Crippen LogP contribution in [0.15, 0.2) is 18.5 Å². The number of benzene rings is 1. The Morgan fingerprint density at radius 1 is 1.26 bits per heavy atom. The summed E-state index contributed by atoms with van der Waals surface area (Å²) in [5, 5.41) is 8.79. The highest BCUT2D eigenvalue weighted by atomic mass is 16.4. The largest absolute Gasteiger partial charge is 0.481 e. The monoisotopic (exact) mass is 258 g/mol. The van der Waals surface area contributed by atoms with Gasteiger partial charge in [0.05, 0.1) is 18.4 Å². The van der Waals surface area contributed by atoms with Crippen LogP contribution in [-0.4, -0.2) is 21.0 Å². The Labute approximate surface area is 112 Å². The molecule has 2 rings (SSSR count). The number of imidazole rings is 1. The second-order valence-electron chi connectivity index (χ2n) is 4.90. The quantitative estimate of drug-likeness (QED) is 0.885. The summed E-state index contributed by atoms with van der Waals surface area (Å²) < 4.78 is 0. The number of rotatable bonds is 4. The fourth-order valence-electron chi connectivity index (χ4n) is 2.51. The Morgan fingerprint density at radius 2 is 1.89 bits per heavy atom. The molecule has 0 saturated heterocycles. The van der Waals surface area contributed by atoms with Gasteiger partial charge in [0.1, 0.15) is 0 Å². The Morgan fingerprint density at radius 3 is 2.47 bits per heavy atom. The molecule has 0 spiro atoms. The first-order valence-electron chi connectivity index (χ1n) is 6.31. The number of carboxylic acids is 1. The smallest absolute Gasteiger partial charge is 0.303 e. The molecule has 0 unspecified atom stereocenters. The molecule has 1 aromatic carbocycles. The van der Waals surface area contributed by atoms with Crippen molar-refractivity contribution >= 4 is 5.97 Å². The first kappa shape index (κ1) is 13.3. The molecule has 0 bridgehead atoms. The molecule has 0 fully saturated rings. The van der Waals surface area contributed by atoms with Gasteiger partial charge in [-0.3, -0.25) is 4.79 Å². The maximum absolute atomic E-state index is 10.7. The number of nitrogens with one attached hydrogen (secondary N) is 1. The van der Waals surface area contributed by atoms with Gasteiger partial charge in [0.25, 0.3) is 0 Å². The third kappa shape index (κ3) is 2.84. The van der Waals surface area contributed by atoms with Gasteiger partial charge in [-0.25, -0.2) is 4.98 Å². The van der Waals surface area contributed by atoms with Gasteiger partial charge in [-0.05, 0) is 31.9 Å². The van der Waals surface area contributed by atoms with Crippen LogP contribution in [0, 0.1) is 20.8 Å². The lowest BCUT2D eigenvalue weighted by atomic mass is 9.95. The van der Waals surface area contributed by atoms with E-state index >= 15 is 0 Å². The zero-order chi connectivity index (χ0) is 14.0. The van der Waals surface area contributed by atoms with Crippen molar-refractivity contribution in [3.8, 4) is 11.3 Å². The summed E-state index contributed by atoms with van der Waals surface area (Å²) in [4.78, 5) is 18.1. The van der Waals surface area contributed by atoms with Crippen LogP contribution in [0.25, 0.3) is 11.3 Å². The highest BCUT2D eigenvalue weighted by Crippen LogP contribution is 2.29. The Balaban J connectivity index is 2.43. The number of carboxylic acid groups (broad SMARTS) is 1. The molecule has 0 aliphatic heterocycles. The number of hydrogen-bond acceptors (Lipinski definition) is 2. The van der Waals surface area contributed by atoms with Crippen LogP contribution in [0.2, 0.25) is 0 Å². The molecule has 4 heteroatoms. The normalized spacial score (nSPS) is 10.7. The van der Waals surface area contributed by atoms with E-state index in [9.17, 15) is 4.79 Å². The van der Waals surface area contributed by atoms with Crippen molar-refractivity contribution in [1.82, 2.24) is 9.97 Å². The summed E-state index contributed by atoms with van der Waals surface area (Å²) in [6.07, 6.45) is 2.21. The van der Waals surface area contributed by atoms with Crippen molar-refractivity contribution in [3.63, 3.8) is 0 Å². The van der Waals surface area contributed by atoms with Crippen molar-refractivity contribution in [2.24, 2.45) is 0 Å². The Bertz CT molecular complexity index is 591. The predicted octanol–water partition coefficient (Wildman–Crippen LogP) is 3.02. The van der Waals surface area contributed by atoms with Crippen LogP contribution in [0.4, 0.5) is 0 Å². The SMILES string of the molecule is Cc1cc(C)c(-c2nc[nH]c2CCC(=O)O)c(C)c1. The molecule has 2 N–H and O–H groups in total. The van der Waals surface area contributed by atoms with Gasteiger partial charge in [-0.1, -0.05) is 17.7 Å². The van der Waals surface area contributed by atoms with E-state index in [-0.39, 0.29) is 6.42 Å². The van der Waals surface area contributed by atoms with Gasteiger partial charge >= 0.3 is 5.97 Å². The summed E-state index contributed by atoms with van der Waals surface area (Å²) >= 11 is 0. The third-order valence-corrected chi connectivity index (χ3v) is 3.22. The average Bonchev–Trinajstić information content (AvgIpc) is 2.73. The lowest BCUT2D eigenvalue weighted by Crippen LogP contribution is -2.00. The fraction of sp³-hybridized carbons (Fsp3) is 0.333. The summed E-state index contributed by atoms with van der Waals surface area (Å²) in [6.45, 7) is 6.19. The van der Waals surface area contributed by atoms with E-state index < -0.39 is 5.97 Å². The molecular weight excluding hydrogens is 240 g/mol. The van der Waals surface area contributed by atoms with Crippen LogP contribution >= 0.6 is 0 Å². The minimum Gasteiger partial charge on any atom is -0.481 e. The molecule has 0 aliphatic rings. The van der Waals surface area contributed by atoms with Crippen molar-refractivity contribution < 1.29 is 9.90 Å². The van der Waals surface area contributed by atoms with Crippen molar-refractivity contribution in [2.75, 3.05) is 0 Å². The summed E-state index contributed by atoms with van der Waals surface area (Å²) in [5.41, 5.74) is 6.42. The molecule has 0 amide bonds. The van der Waals surface area contributed by atoms with E-state index in [1.54, 1.807) is 6.33 Å². The van der Waals surface area contributed by atoms with Crippen LogP contribution in [0.1, 0.15) is 28.8 Å². The molecule has 0 aliphatic carbocycles. The standard InChI is InChI=1S/C15H18N2O2/c1-9-6-10(2)14(11(3)7-9)15-12(16-8-17-15)4-5-13(18)19/h6-8H,4-5H2,1-3H3,(H,16,17)(H,18,19). The fourth-order valence-corrected chi connectivity index (χ4v) is 2.51. The maximum Gasteiger partial charge on any atom is 0.303 e. The number of nitrogens with zero attached hydrogens (tertiary/aromatic N) is 1. The number of aryl methyl sites for hydroxylation is 4. The molecule has 100 valence electrons. The minimum atomic E-state index is -0.794. The van der Waals surface area contributed by atoms with Crippen molar-refractivity contribution in [3.05, 3.63) is 40.8 Å². The summed E-state index contributed by atoms with van der Waals surface area (Å²) in [7, 11) is 0. The number of aromatic nitrogens is 2. The molecule has 1 aromatic heterocycles. The number of aliphatic carboxylic acids is 1. The van der Waals surface area contributed by atoms with Gasteiger partial charge in [0, 0.05) is 17.7 Å². The summed E-state index contributed by atoms with van der Waals surface area (Å²) in [5.74, 6) is -0.794. The second kappa shape index (κ2) is 5.26. The van der Waals surface area contributed by atoms with Crippen LogP contribution in [0.3, 0.4) is 0 Å². The van der Waals surface area contributed by atoms with Gasteiger partial charge in [0.15, 0.2) is 0 Å². The van der Waals surface area contributed by atoms with Crippen LogP contribution in [-0.2, 0) is 11.2 Å². The van der Waals surface area contributed by atoms with Gasteiger partial charge in [0.2, 0.25) is 0 Å². The molecule has 1 heterocycles. The maximum atomic E-state index is 10.7. The Hall–Kier alpha value is -2.10. The lowest BCUT2D eigenvalue weighted by Gasteiger charge is -2.11. The van der Waals surface area contributed by atoms with Crippen molar-refractivity contribution in [1.29, 1.82) is 0 Å². The molecule has 4 nitrogen and oxygen atoms in total. The molecule has 0 radical (unpaired) electrons. The van der Waals surface area contributed by atoms with E-state index in [1.807, 2.05) is 0 Å². The van der Waals surface area contributed by atoms with Crippen molar-refractivity contribution in [2.45, 2.75) is 33.6 Å². The number of carbonyl (C=O) groups is 1. The third-order valence-electron chi connectivity index (χ3n) is 3.22. The molecule has 0 saturated carbocycles. The second-order valence-corrected chi connectivity index (χ2v) is 4.90. The zero-order valence-corrected chi connectivity index (χ0v) is 11.4. The zero-order valence-electron chi connectivity index (χ0n) is 11.4. The highest BCUT2D eigenvalue weighted by Gasteiger charge is 2.14. The van der Waals surface area contributed by atoms with Crippen LogP contribution < -0.4 is 0 Å². The number of aromatic amines is 1. The number of hydrogen-bond donors (Lipinski definition) is 2. The Kier molecular flexibility index (Phi) is 3.69. The van der Waals surface area contributed by atoms with E-state index in [0.29, 0.717) is 6.42 Å². The van der Waals surface area contributed by atoms with E-state index in [2.05, 4.69) is 42.9 Å². The number of H-pyrrole nitrogens is 1. The summed E-state index contributed by atoms with van der Waals surface area (Å²) in [6, 6.07) is 4.25. The first-order chi connectivity index (χ1) is 8.99. The van der Waals surface area contributed by atoms with E-state index in [0.717, 1.165) is 17.0 Å². The first-order valence-corrected chi connectivity index (χ1v) is 6.31. The molecular formula is C15H18N2O2. The highest BCUT2D eigenvalue weighted by molar-refractivity contribution is 5.71. The molecule has 2 aromatic rings. The van der Waals surface area contributed by atoms with E-state index in [1.165, 1.54) is 16.7 Å². The average molecular weight is 258 g/mol. The van der Waals surface area contributed by atoms with Gasteiger partial charge in [-0.15, -0.1) is 0 Å². The molecule has 0 atom stereocenters. The van der Waals surface area contributed by atoms with Gasteiger partial charge < -0.3 is 10.1 Å². The van der Waals surface area contributed by atoms with E-state index in [4.69, 9.17) is 5.11 Å². The molecule has 19 heavy (non-hydrogen) atoms.